The van der Waals surface area contributed by atoms with Crippen molar-refractivity contribution in [2.45, 2.75) is 32.8 Å². The number of nitriles is 1. The van der Waals surface area contributed by atoms with Crippen LogP contribution in [0.4, 0.5) is 0 Å². The molecule has 1 saturated carbocycles. The molecule has 3 nitrogen and oxygen atoms in total. The van der Waals surface area contributed by atoms with E-state index in [1.807, 2.05) is 6.07 Å². The Morgan fingerprint density at radius 3 is 2.25 bits per heavy atom. The number of likely N-dealkylation sites (tertiary alicyclic amines) is 1. The number of piperidine rings is 1. The predicted molar refractivity (Wildman–Crippen MR) is 80.0 cm³/mol. The van der Waals surface area contributed by atoms with Gasteiger partial charge in [-0.15, -0.1) is 0 Å². The molecular formula is C17H24N2O. The van der Waals surface area contributed by atoms with Gasteiger partial charge in [0.05, 0.1) is 18.2 Å². The lowest BCUT2D eigenvalue weighted by Gasteiger charge is -2.30. The molecule has 2 fully saturated rings. The van der Waals surface area contributed by atoms with Crippen molar-refractivity contribution < 1.29 is 5.11 Å². The van der Waals surface area contributed by atoms with Gasteiger partial charge in [0.15, 0.2) is 0 Å². The zero-order chi connectivity index (χ0) is 14.4. The molecule has 1 aliphatic carbocycles. The van der Waals surface area contributed by atoms with Crippen molar-refractivity contribution in [2.75, 3.05) is 19.6 Å². The second kappa shape index (κ2) is 7.42. The number of hydrogen-bond donors (Lipinski definition) is 1. The molecule has 20 heavy (non-hydrogen) atoms. The van der Waals surface area contributed by atoms with Gasteiger partial charge < -0.3 is 10.0 Å². The summed E-state index contributed by atoms with van der Waals surface area (Å²) in [7, 11) is 0. The molecule has 2 bridgehead atoms. The molecule has 1 aromatic rings. The summed E-state index contributed by atoms with van der Waals surface area (Å²) in [5, 5.41) is 17.0. The number of benzene rings is 1. The molecule has 1 N–H and O–H groups in total. The van der Waals surface area contributed by atoms with E-state index in [0.29, 0.717) is 5.56 Å². The average molecular weight is 272 g/mol. The fraction of sp³-hybridized carbons (Fsp3) is 0.588. The summed E-state index contributed by atoms with van der Waals surface area (Å²) in [6, 6.07) is 8.84. The summed E-state index contributed by atoms with van der Waals surface area (Å²) >= 11 is 0. The molecule has 0 aromatic heterocycles. The Labute approximate surface area is 121 Å². The van der Waals surface area contributed by atoms with Crippen LogP contribution in [0.25, 0.3) is 0 Å². The zero-order valence-corrected chi connectivity index (χ0v) is 12.3. The maximum Gasteiger partial charge on any atom is 0.0991 e. The molecule has 0 unspecified atom stereocenters. The molecule has 0 amide bonds. The standard InChI is InChI=1S/C9H17N.C8H7NO/c1-2-10-6-8-3-4-9(5-8)7-10;9-5-7-1-3-8(6-10)4-2-7/h8-9H,2-7H2,1H3;1-4,10H,6H2/t8-,9+;. The maximum absolute atomic E-state index is 8.62. The summed E-state index contributed by atoms with van der Waals surface area (Å²) in [6.45, 7) is 6.38. The molecule has 0 radical (unpaired) electrons. The maximum atomic E-state index is 8.62. The smallest absolute Gasteiger partial charge is 0.0991 e. The predicted octanol–water partition coefficient (Wildman–Crippen LogP) is 2.79. The monoisotopic (exact) mass is 272 g/mol. The van der Waals surface area contributed by atoms with E-state index in [9.17, 15) is 0 Å². The van der Waals surface area contributed by atoms with Crippen LogP contribution < -0.4 is 0 Å². The Balaban J connectivity index is 0.000000147. The van der Waals surface area contributed by atoms with Gasteiger partial charge in [-0.1, -0.05) is 19.1 Å². The minimum Gasteiger partial charge on any atom is -0.392 e. The van der Waals surface area contributed by atoms with Crippen molar-refractivity contribution in [2.24, 2.45) is 11.8 Å². The Bertz CT molecular complexity index is 437. The van der Waals surface area contributed by atoms with Gasteiger partial charge in [0.2, 0.25) is 0 Å². The highest BCUT2D eigenvalue weighted by atomic mass is 16.3. The number of hydrogen-bond acceptors (Lipinski definition) is 3. The lowest BCUT2D eigenvalue weighted by Crippen LogP contribution is -2.35. The Morgan fingerprint density at radius 1 is 1.20 bits per heavy atom. The van der Waals surface area contributed by atoms with Gasteiger partial charge in [0, 0.05) is 13.1 Å². The third kappa shape index (κ3) is 4.06. The molecule has 0 spiro atoms. The van der Waals surface area contributed by atoms with E-state index in [4.69, 9.17) is 10.4 Å². The first-order chi connectivity index (χ1) is 9.75. The van der Waals surface area contributed by atoms with Crippen molar-refractivity contribution in [1.29, 1.82) is 5.26 Å². The van der Waals surface area contributed by atoms with Crippen LogP contribution in [-0.2, 0) is 6.61 Å². The van der Waals surface area contributed by atoms with Gasteiger partial charge >= 0.3 is 0 Å². The molecule has 3 rings (SSSR count). The lowest BCUT2D eigenvalue weighted by molar-refractivity contribution is 0.176. The van der Waals surface area contributed by atoms with E-state index in [0.717, 1.165) is 17.4 Å². The molecule has 1 saturated heterocycles. The molecular weight excluding hydrogens is 248 g/mol. The average Bonchev–Trinajstić information content (AvgIpc) is 2.86. The number of aliphatic hydroxyl groups excluding tert-OH is 1. The second-order valence-electron chi connectivity index (χ2n) is 5.86. The summed E-state index contributed by atoms with van der Waals surface area (Å²) in [6.07, 6.45) is 4.57. The van der Waals surface area contributed by atoms with Gasteiger partial charge in [-0.2, -0.15) is 5.26 Å². The Morgan fingerprint density at radius 2 is 1.80 bits per heavy atom. The van der Waals surface area contributed by atoms with Crippen LogP contribution in [0.1, 0.15) is 37.3 Å². The number of nitrogens with zero attached hydrogens (tertiary/aromatic N) is 2. The van der Waals surface area contributed by atoms with Crippen LogP contribution in [-0.4, -0.2) is 29.6 Å². The molecule has 108 valence electrons. The van der Waals surface area contributed by atoms with Crippen LogP contribution in [0.5, 0.6) is 0 Å². The van der Waals surface area contributed by atoms with E-state index in [-0.39, 0.29) is 6.61 Å². The third-order valence-corrected chi connectivity index (χ3v) is 4.40. The topological polar surface area (TPSA) is 47.3 Å². The van der Waals surface area contributed by atoms with Gasteiger partial charge in [-0.25, -0.2) is 0 Å². The highest BCUT2D eigenvalue weighted by Gasteiger charge is 2.31. The summed E-state index contributed by atoms with van der Waals surface area (Å²) in [4.78, 5) is 2.62. The Hall–Kier alpha value is -1.37. The molecule has 2 aliphatic rings. The third-order valence-electron chi connectivity index (χ3n) is 4.40. The Kier molecular flexibility index (Phi) is 5.58. The van der Waals surface area contributed by atoms with Crippen LogP contribution in [0.2, 0.25) is 0 Å². The normalized spacial score (nSPS) is 24.6. The SMILES string of the molecule is CCN1C[C@@H]2CC[C@@H](C2)C1.N#Cc1ccc(CO)cc1. The summed E-state index contributed by atoms with van der Waals surface area (Å²) < 4.78 is 0. The van der Waals surface area contributed by atoms with Gasteiger partial charge in [-0.05, 0) is 55.3 Å². The van der Waals surface area contributed by atoms with Gasteiger partial charge in [0.25, 0.3) is 0 Å². The van der Waals surface area contributed by atoms with Crippen molar-refractivity contribution in [3.63, 3.8) is 0 Å². The first kappa shape index (κ1) is 15.0. The molecule has 1 heterocycles. The van der Waals surface area contributed by atoms with Gasteiger partial charge in [-0.3, -0.25) is 0 Å². The van der Waals surface area contributed by atoms with E-state index in [1.165, 1.54) is 38.9 Å². The van der Waals surface area contributed by atoms with Crippen molar-refractivity contribution in [1.82, 2.24) is 4.90 Å². The highest BCUT2D eigenvalue weighted by molar-refractivity contribution is 5.31. The van der Waals surface area contributed by atoms with Crippen molar-refractivity contribution in [3.8, 4) is 6.07 Å². The quantitative estimate of drug-likeness (QED) is 0.900. The first-order valence-corrected chi connectivity index (χ1v) is 7.57. The lowest BCUT2D eigenvalue weighted by atomic mass is 9.99. The first-order valence-electron chi connectivity index (χ1n) is 7.57. The van der Waals surface area contributed by atoms with Crippen LogP contribution in [0, 0.1) is 23.2 Å². The van der Waals surface area contributed by atoms with Crippen molar-refractivity contribution >= 4 is 0 Å². The van der Waals surface area contributed by atoms with E-state index < -0.39 is 0 Å². The van der Waals surface area contributed by atoms with Crippen LogP contribution in [0.3, 0.4) is 0 Å². The zero-order valence-electron chi connectivity index (χ0n) is 12.3. The number of rotatable bonds is 2. The minimum atomic E-state index is 0.0334. The number of fused-ring (bicyclic) bond motifs is 2. The molecule has 2 atom stereocenters. The fourth-order valence-corrected chi connectivity index (χ4v) is 3.26. The summed E-state index contributed by atoms with van der Waals surface area (Å²) in [5.41, 5.74) is 1.45. The number of aliphatic hydroxyl groups is 1. The second-order valence-corrected chi connectivity index (χ2v) is 5.86. The molecule has 3 heteroatoms. The van der Waals surface area contributed by atoms with Crippen molar-refractivity contribution in [3.05, 3.63) is 35.4 Å². The fourth-order valence-electron chi connectivity index (χ4n) is 3.26. The van der Waals surface area contributed by atoms with Crippen LogP contribution in [0.15, 0.2) is 24.3 Å². The molecule has 1 aliphatic heterocycles. The molecule has 1 aromatic carbocycles. The van der Waals surface area contributed by atoms with Crippen LogP contribution >= 0.6 is 0 Å². The van der Waals surface area contributed by atoms with E-state index in [1.54, 1.807) is 24.3 Å². The van der Waals surface area contributed by atoms with E-state index >= 15 is 0 Å². The van der Waals surface area contributed by atoms with Gasteiger partial charge in [0.1, 0.15) is 0 Å². The highest BCUT2D eigenvalue weighted by Crippen LogP contribution is 2.35. The largest absolute Gasteiger partial charge is 0.392 e. The minimum absolute atomic E-state index is 0.0334. The summed E-state index contributed by atoms with van der Waals surface area (Å²) in [5.74, 6) is 2.14. The van der Waals surface area contributed by atoms with E-state index in [2.05, 4.69) is 11.8 Å².